The number of hydrogen-bond donors (Lipinski definition) is 1. The second-order valence-corrected chi connectivity index (χ2v) is 3.00. The van der Waals surface area contributed by atoms with Gasteiger partial charge < -0.3 is 5.32 Å². The topological polar surface area (TPSA) is 29.9 Å². The van der Waals surface area contributed by atoms with Gasteiger partial charge in [-0.15, -0.1) is 0 Å². The molecule has 70 valence electrons. The van der Waals surface area contributed by atoms with Crippen LogP contribution in [0.3, 0.4) is 0 Å². The minimum Gasteiger partial charge on any atom is -0.353 e. The summed E-state index contributed by atoms with van der Waals surface area (Å²) < 4.78 is 1.81. The maximum Gasteiger partial charge on any atom is 0.0658 e. The van der Waals surface area contributed by atoms with Gasteiger partial charge in [0.2, 0.25) is 0 Å². The van der Waals surface area contributed by atoms with Crippen LogP contribution in [0.25, 0.3) is 5.69 Å². The van der Waals surface area contributed by atoms with Crippen LogP contribution in [0.5, 0.6) is 0 Å². The fourth-order valence-electron chi connectivity index (χ4n) is 1.20. The Balaban J connectivity index is 2.26. The van der Waals surface area contributed by atoms with Crippen LogP contribution in [-0.4, -0.2) is 15.3 Å². The number of anilines is 1. The third kappa shape index (κ3) is 1.80. The first kappa shape index (κ1) is 8.90. The third-order valence-electron chi connectivity index (χ3n) is 1.86. The summed E-state index contributed by atoms with van der Waals surface area (Å²) >= 11 is 4.69. The lowest BCUT2D eigenvalue weighted by atomic mass is 10.3. The predicted octanol–water partition coefficient (Wildman–Crippen LogP) is 2.24. The highest BCUT2D eigenvalue weighted by Gasteiger charge is 1.94. The Bertz CT molecular complexity index is 405. The molecule has 1 N–H and O–H groups in total. The van der Waals surface area contributed by atoms with Crippen molar-refractivity contribution in [3.63, 3.8) is 0 Å². The van der Waals surface area contributed by atoms with Gasteiger partial charge in [0.25, 0.3) is 0 Å². The number of nitrogens with zero attached hydrogens (tertiary/aromatic N) is 2. The van der Waals surface area contributed by atoms with Crippen LogP contribution in [-0.2, 0) is 0 Å². The summed E-state index contributed by atoms with van der Waals surface area (Å²) in [6.07, 6.45) is 3.66. The molecule has 1 aromatic carbocycles. The first-order valence-electron chi connectivity index (χ1n) is 4.20. The van der Waals surface area contributed by atoms with Gasteiger partial charge >= 0.3 is 0 Å². The van der Waals surface area contributed by atoms with Crippen molar-refractivity contribution in [2.24, 2.45) is 0 Å². The van der Waals surface area contributed by atoms with Crippen LogP contribution in [0.15, 0.2) is 42.7 Å². The zero-order valence-corrected chi connectivity index (χ0v) is 8.24. The third-order valence-corrected chi connectivity index (χ3v) is 1.98. The van der Waals surface area contributed by atoms with E-state index in [2.05, 4.69) is 10.4 Å². The number of nitrogens with one attached hydrogen (secondary N) is 1. The second-order valence-electron chi connectivity index (χ2n) is 2.76. The summed E-state index contributed by atoms with van der Waals surface area (Å²) in [5.41, 5.74) is 3.50. The van der Waals surface area contributed by atoms with Crippen LogP contribution in [0, 0.1) is 0 Å². The summed E-state index contributed by atoms with van der Waals surface area (Å²) in [5, 5.41) is 7.07. The van der Waals surface area contributed by atoms with Crippen molar-refractivity contribution in [1.29, 1.82) is 0 Å². The Morgan fingerprint density at radius 2 is 2.07 bits per heavy atom. The van der Waals surface area contributed by atoms with E-state index < -0.39 is 0 Å². The molecule has 1 aromatic heterocycles. The van der Waals surface area contributed by atoms with E-state index >= 15 is 0 Å². The van der Waals surface area contributed by atoms with E-state index in [1.807, 2.05) is 36.5 Å². The summed E-state index contributed by atoms with van der Waals surface area (Å²) in [6, 6.07) is 9.77. The first-order chi connectivity index (χ1) is 6.90. The lowest BCUT2D eigenvalue weighted by molar-refractivity contribution is 0.881. The van der Waals surface area contributed by atoms with Crippen molar-refractivity contribution >= 4 is 23.4 Å². The van der Waals surface area contributed by atoms with Crippen molar-refractivity contribution in [3.05, 3.63) is 42.7 Å². The van der Waals surface area contributed by atoms with Crippen molar-refractivity contribution in [1.82, 2.24) is 9.78 Å². The molecule has 0 atom stereocenters. The molecule has 4 heteroatoms. The molecular formula is C10H9N3S. The molecule has 0 aliphatic carbocycles. The van der Waals surface area contributed by atoms with Crippen molar-refractivity contribution in [2.45, 2.75) is 0 Å². The average molecular weight is 203 g/mol. The van der Waals surface area contributed by atoms with Gasteiger partial charge in [0.1, 0.15) is 0 Å². The molecule has 2 rings (SSSR count). The summed E-state index contributed by atoms with van der Waals surface area (Å²) in [4.78, 5) is 0. The van der Waals surface area contributed by atoms with E-state index in [4.69, 9.17) is 12.2 Å². The molecule has 0 saturated carbocycles. The van der Waals surface area contributed by atoms with Gasteiger partial charge in [-0.1, -0.05) is 12.2 Å². The Morgan fingerprint density at radius 3 is 2.64 bits per heavy atom. The van der Waals surface area contributed by atoms with Gasteiger partial charge in [-0.3, -0.25) is 0 Å². The average Bonchev–Trinajstić information content (AvgIpc) is 2.72. The Labute approximate surface area is 87.4 Å². The molecule has 0 saturated heterocycles. The number of aromatic nitrogens is 2. The second kappa shape index (κ2) is 4.02. The van der Waals surface area contributed by atoms with Crippen LogP contribution >= 0.6 is 12.2 Å². The maximum atomic E-state index is 4.69. The fourth-order valence-corrected chi connectivity index (χ4v) is 1.34. The lowest BCUT2D eigenvalue weighted by Gasteiger charge is -2.02. The van der Waals surface area contributed by atoms with E-state index in [9.17, 15) is 0 Å². The highest BCUT2D eigenvalue weighted by Crippen LogP contribution is 2.11. The van der Waals surface area contributed by atoms with E-state index in [0.717, 1.165) is 11.4 Å². The molecule has 2 aromatic rings. The normalized spacial score (nSPS) is 9.71. The van der Waals surface area contributed by atoms with E-state index in [0.29, 0.717) is 0 Å². The molecular weight excluding hydrogens is 194 g/mol. The highest BCUT2D eigenvalue weighted by molar-refractivity contribution is 7.79. The van der Waals surface area contributed by atoms with Crippen molar-refractivity contribution in [3.8, 4) is 5.69 Å². The maximum absolute atomic E-state index is 4.69. The number of benzene rings is 1. The van der Waals surface area contributed by atoms with Gasteiger partial charge in [0.05, 0.1) is 11.2 Å². The molecule has 0 aliphatic heterocycles. The summed E-state index contributed by atoms with van der Waals surface area (Å²) in [5.74, 6) is 0. The molecule has 14 heavy (non-hydrogen) atoms. The molecule has 0 fully saturated rings. The van der Waals surface area contributed by atoms with Crippen LogP contribution in [0.4, 0.5) is 5.69 Å². The molecule has 0 radical (unpaired) electrons. The summed E-state index contributed by atoms with van der Waals surface area (Å²) in [7, 11) is 0. The largest absolute Gasteiger partial charge is 0.353 e. The summed E-state index contributed by atoms with van der Waals surface area (Å²) in [6.45, 7) is 0. The SMILES string of the molecule is S=CNc1ccc(-n2cccn2)cc1. The molecule has 0 unspecified atom stereocenters. The Kier molecular flexibility index (Phi) is 2.55. The standard InChI is InChI=1S/C10H9N3S/c14-8-11-9-2-4-10(5-3-9)13-7-1-6-12-13/h1-8H,(H,11,14). The molecule has 1 heterocycles. The number of hydrogen-bond acceptors (Lipinski definition) is 2. The smallest absolute Gasteiger partial charge is 0.0658 e. The van der Waals surface area contributed by atoms with Gasteiger partial charge in [0.15, 0.2) is 0 Å². The van der Waals surface area contributed by atoms with E-state index in [-0.39, 0.29) is 0 Å². The molecule has 0 bridgehead atoms. The minimum absolute atomic E-state index is 0.982. The van der Waals surface area contributed by atoms with Crippen molar-refractivity contribution < 1.29 is 0 Å². The first-order valence-corrected chi connectivity index (χ1v) is 4.67. The lowest BCUT2D eigenvalue weighted by Crippen LogP contribution is -1.95. The van der Waals surface area contributed by atoms with Crippen molar-refractivity contribution in [2.75, 3.05) is 5.32 Å². The van der Waals surface area contributed by atoms with Crippen LogP contribution < -0.4 is 5.32 Å². The fraction of sp³-hybridized carbons (Fsp3) is 0. The molecule has 3 nitrogen and oxygen atoms in total. The minimum atomic E-state index is 0.982. The van der Waals surface area contributed by atoms with E-state index in [1.54, 1.807) is 10.9 Å². The van der Waals surface area contributed by atoms with Crippen LogP contribution in [0.1, 0.15) is 0 Å². The Morgan fingerprint density at radius 1 is 1.29 bits per heavy atom. The predicted molar refractivity (Wildman–Crippen MR) is 60.8 cm³/mol. The molecule has 0 aliphatic rings. The number of thiocarbonyl (C=S) groups is 1. The van der Waals surface area contributed by atoms with E-state index in [1.165, 1.54) is 5.49 Å². The van der Waals surface area contributed by atoms with Gasteiger partial charge in [-0.05, 0) is 30.3 Å². The van der Waals surface area contributed by atoms with Gasteiger partial charge in [-0.25, -0.2) is 4.68 Å². The quantitative estimate of drug-likeness (QED) is 0.776. The van der Waals surface area contributed by atoms with Gasteiger partial charge in [-0.2, -0.15) is 5.10 Å². The molecule has 0 spiro atoms. The highest BCUT2D eigenvalue weighted by atomic mass is 32.1. The van der Waals surface area contributed by atoms with Crippen LogP contribution in [0.2, 0.25) is 0 Å². The molecule has 0 amide bonds. The zero-order chi connectivity index (χ0) is 9.80. The Hall–Kier alpha value is -1.68. The van der Waals surface area contributed by atoms with Gasteiger partial charge in [0, 0.05) is 18.1 Å². The number of rotatable bonds is 3. The monoisotopic (exact) mass is 203 g/mol. The zero-order valence-electron chi connectivity index (χ0n) is 7.42.